The summed E-state index contributed by atoms with van der Waals surface area (Å²) in [5.74, 6) is 0.827. The molecular formula is C36H32ClN3O3S. The van der Waals surface area contributed by atoms with E-state index in [4.69, 9.17) is 16.3 Å². The number of hydrogen-bond donors (Lipinski definition) is 2. The topological polar surface area (TPSA) is 79.8 Å². The molecule has 1 aliphatic heterocycles. The smallest absolute Gasteiger partial charge is 0.337 e. The van der Waals surface area contributed by atoms with Crippen molar-refractivity contribution in [3.05, 3.63) is 142 Å². The van der Waals surface area contributed by atoms with Crippen LogP contribution in [0.25, 0.3) is 0 Å². The van der Waals surface area contributed by atoms with Crippen LogP contribution in [-0.4, -0.2) is 24.7 Å². The Morgan fingerprint density at radius 2 is 1.66 bits per heavy atom. The van der Waals surface area contributed by atoms with Gasteiger partial charge in [0, 0.05) is 32.8 Å². The van der Waals surface area contributed by atoms with Crippen molar-refractivity contribution in [1.29, 1.82) is 0 Å². The number of esters is 1. The lowest BCUT2D eigenvalue weighted by atomic mass is 9.76. The molecule has 1 amide bonds. The van der Waals surface area contributed by atoms with Crippen LogP contribution in [0.4, 0.5) is 5.69 Å². The third kappa shape index (κ3) is 6.44. The van der Waals surface area contributed by atoms with Gasteiger partial charge in [0.05, 0.1) is 24.4 Å². The first-order chi connectivity index (χ1) is 21.4. The van der Waals surface area contributed by atoms with Gasteiger partial charge in [-0.05, 0) is 102 Å². The Morgan fingerprint density at radius 3 is 2.39 bits per heavy atom. The predicted octanol–water partition coefficient (Wildman–Crippen LogP) is 8.40. The number of fused-ring (bicyclic) bond motifs is 3. The van der Waals surface area contributed by atoms with Gasteiger partial charge >= 0.3 is 5.97 Å². The SMILES string of the molecule is COC(=O)c1ccc([C@@H]2Nc3ccc(/C(C)=N\NC(=O)c4ccc(CSc5ccc(Cl)cc5)cc4)cc3[C@@H]3C=CC[C@@H]32)cc1. The van der Waals surface area contributed by atoms with E-state index in [0.717, 1.165) is 50.2 Å². The maximum Gasteiger partial charge on any atom is 0.337 e. The molecule has 0 aromatic heterocycles. The van der Waals surface area contributed by atoms with E-state index >= 15 is 0 Å². The fraction of sp³-hybridized carbons (Fsp3) is 0.194. The summed E-state index contributed by atoms with van der Waals surface area (Å²) in [6, 6.07) is 29.4. The first-order valence-corrected chi connectivity index (χ1v) is 15.8. The Balaban J connectivity index is 1.11. The summed E-state index contributed by atoms with van der Waals surface area (Å²) in [4.78, 5) is 25.9. The molecule has 2 aliphatic rings. The van der Waals surface area contributed by atoms with E-state index in [2.05, 4.69) is 40.1 Å². The van der Waals surface area contributed by atoms with Gasteiger partial charge < -0.3 is 10.1 Å². The van der Waals surface area contributed by atoms with E-state index in [-0.39, 0.29) is 23.8 Å². The number of nitrogens with one attached hydrogen (secondary N) is 2. The number of ether oxygens (including phenoxy) is 1. The maximum atomic E-state index is 12.9. The number of anilines is 1. The molecule has 3 atom stereocenters. The Morgan fingerprint density at radius 1 is 0.955 bits per heavy atom. The number of methoxy groups -OCH3 is 1. The van der Waals surface area contributed by atoms with Gasteiger partial charge in [-0.2, -0.15) is 5.10 Å². The molecule has 0 fully saturated rings. The van der Waals surface area contributed by atoms with Crippen molar-refractivity contribution in [3.63, 3.8) is 0 Å². The predicted molar refractivity (Wildman–Crippen MR) is 178 cm³/mol. The van der Waals surface area contributed by atoms with Crippen molar-refractivity contribution in [2.75, 3.05) is 12.4 Å². The molecule has 6 nitrogen and oxygen atoms in total. The van der Waals surface area contributed by atoms with E-state index in [9.17, 15) is 9.59 Å². The molecule has 1 aliphatic carbocycles. The summed E-state index contributed by atoms with van der Waals surface area (Å²) >= 11 is 7.69. The van der Waals surface area contributed by atoms with Crippen LogP contribution in [0.2, 0.25) is 5.02 Å². The van der Waals surface area contributed by atoms with Gasteiger partial charge in [0.2, 0.25) is 0 Å². The lowest BCUT2D eigenvalue weighted by Gasteiger charge is -2.37. The molecule has 0 unspecified atom stereocenters. The third-order valence-corrected chi connectivity index (χ3v) is 9.57. The molecule has 8 heteroatoms. The average Bonchev–Trinajstić information content (AvgIpc) is 3.57. The number of thioether (sulfide) groups is 1. The first kappa shape index (κ1) is 29.7. The van der Waals surface area contributed by atoms with Gasteiger partial charge in [0.15, 0.2) is 0 Å². The van der Waals surface area contributed by atoms with Crippen LogP contribution in [0, 0.1) is 5.92 Å². The highest BCUT2D eigenvalue weighted by Gasteiger charge is 2.38. The van der Waals surface area contributed by atoms with Crippen LogP contribution in [0.1, 0.15) is 68.3 Å². The minimum Gasteiger partial charge on any atom is -0.465 e. The van der Waals surface area contributed by atoms with Gasteiger partial charge in [0.25, 0.3) is 5.91 Å². The molecule has 222 valence electrons. The van der Waals surface area contributed by atoms with Crippen LogP contribution in [0.3, 0.4) is 0 Å². The molecule has 4 aromatic carbocycles. The fourth-order valence-electron chi connectivity index (χ4n) is 5.81. The zero-order valence-electron chi connectivity index (χ0n) is 24.4. The first-order valence-electron chi connectivity index (χ1n) is 14.5. The van der Waals surface area contributed by atoms with Crippen molar-refractivity contribution < 1.29 is 14.3 Å². The molecule has 0 saturated heterocycles. The average molecular weight is 622 g/mol. The van der Waals surface area contributed by atoms with Crippen molar-refractivity contribution in [1.82, 2.24) is 5.43 Å². The molecular weight excluding hydrogens is 590 g/mol. The minimum absolute atomic E-state index is 0.122. The maximum absolute atomic E-state index is 12.9. The number of carbonyl (C=O) groups is 2. The summed E-state index contributed by atoms with van der Waals surface area (Å²) in [5, 5.41) is 8.89. The normalized spacial score (nSPS) is 18.6. The lowest BCUT2D eigenvalue weighted by Crippen LogP contribution is -2.29. The molecule has 0 saturated carbocycles. The van der Waals surface area contributed by atoms with Crippen LogP contribution in [-0.2, 0) is 10.5 Å². The Kier molecular flexibility index (Phi) is 8.87. The van der Waals surface area contributed by atoms with Crippen molar-refractivity contribution in [3.8, 4) is 0 Å². The number of halogens is 1. The van der Waals surface area contributed by atoms with Crippen LogP contribution in [0.5, 0.6) is 0 Å². The van der Waals surface area contributed by atoms with Crippen molar-refractivity contribution in [2.45, 2.75) is 36.0 Å². The second kappa shape index (κ2) is 13.1. The van der Waals surface area contributed by atoms with Gasteiger partial charge in [-0.15, -0.1) is 11.8 Å². The highest BCUT2D eigenvalue weighted by Crippen LogP contribution is 2.50. The summed E-state index contributed by atoms with van der Waals surface area (Å²) in [7, 11) is 1.39. The quantitative estimate of drug-likeness (QED) is 0.0679. The van der Waals surface area contributed by atoms with Crippen molar-refractivity contribution >= 4 is 46.6 Å². The molecule has 44 heavy (non-hydrogen) atoms. The van der Waals surface area contributed by atoms with E-state index < -0.39 is 0 Å². The number of carbonyl (C=O) groups excluding carboxylic acids is 2. The second-order valence-corrected chi connectivity index (χ2v) is 12.5. The van der Waals surface area contributed by atoms with Gasteiger partial charge in [-0.25, -0.2) is 10.2 Å². The lowest BCUT2D eigenvalue weighted by molar-refractivity contribution is 0.0600. The van der Waals surface area contributed by atoms with Gasteiger partial charge in [0.1, 0.15) is 0 Å². The molecule has 0 bridgehead atoms. The van der Waals surface area contributed by atoms with Crippen LogP contribution < -0.4 is 10.7 Å². The molecule has 1 heterocycles. The Hall–Kier alpha value is -4.33. The van der Waals surface area contributed by atoms with E-state index in [1.807, 2.05) is 85.8 Å². The standard InChI is InChI=1S/C36H32ClN3O3S/c1-22(39-40-35(41)25-8-6-23(7-9-25)21-44-29-17-15-28(37)16-18-29)27-14-19-33-32(20-27)30-4-3-5-31(30)34(38-33)24-10-12-26(13-11-24)36(42)43-2/h3-4,6-20,30-31,34,38H,5,21H2,1-2H3,(H,40,41)/b39-22-/t30-,31+,34+/m1/s1. The summed E-state index contributed by atoms with van der Waals surface area (Å²) in [6.45, 7) is 1.91. The Bertz CT molecular complexity index is 1730. The van der Waals surface area contributed by atoms with Crippen molar-refractivity contribution in [2.24, 2.45) is 11.0 Å². The minimum atomic E-state index is -0.335. The van der Waals surface area contributed by atoms with E-state index in [0.29, 0.717) is 17.0 Å². The summed E-state index contributed by atoms with van der Waals surface area (Å²) < 4.78 is 4.85. The van der Waals surface area contributed by atoms with Crippen LogP contribution in [0.15, 0.2) is 113 Å². The van der Waals surface area contributed by atoms with E-state index in [1.54, 1.807) is 11.8 Å². The largest absolute Gasteiger partial charge is 0.465 e. The number of amides is 1. The fourth-order valence-corrected chi connectivity index (χ4v) is 6.79. The van der Waals surface area contributed by atoms with E-state index in [1.165, 1.54) is 12.7 Å². The zero-order chi connectivity index (χ0) is 30.6. The van der Waals surface area contributed by atoms with Crippen LogP contribution >= 0.6 is 23.4 Å². The molecule has 2 N–H and O–H groups in total. The van der Waals surface area contributed by atoms with Gasteiger partial charge in [-0.3, -0.25) is 4.79 Å². The number of allylic oxidation sites excluding steroid dienone is 2. The van der Waals surface area contributed by atoms with Gasteiger partial charge in [-0.1, -0.05) is 54.1 Å². The number of nitrogens with zero attached hydrogens (tertiary/aromatic N) is 1. The number of hydrazone groups is 1. The third-order valence-electron chi connectivity index (χ3n) is 8.23. The molecule has 0 radical (unpaired) electrons. The number of rotatable bonds is 8. The molecule has 6 rings (SSSR count). The number of benzene rings is 4. The Labute approximate surface area is 266 Å². The number of hydrogen-bond acceptors (Lipinski definition) is 6. The molecule has 4 aromatic rings. The second-order valence-electron chi connectivity index (χ2n) is 11.0. The summed E-state index contributed by atoms with van der Waals surface area (Å²) in [5.41, 5.74) is 10.1. The highest BCUT2D eigenvalue weighted by molar-refractivity contribution is 7.98. The molecule has 0 spiro atoms. The highest BCUT2D eigenvalue weighted by atomic mass is 35.5. The summed E-state index contributed by atoms with van der Waals surface area (Å²) in [6.07, 6.45) is 5.50. The monoisotopic (exact) mass is 621 g/mol. The zero-order valence-corrected chi connectivity index (χ0v) is 26.0.